The Balaban J connectivity index is 2.26. The normalized spacial score (nSPS) is 24.8. The lowest BCUT2D eigenvalue weighted by atomic mass is 9.86. The van der Waals surface area contributed by atoms with E-state index in [4.69, 9.17) is 5.73 Å². The van der Waals surface area contributed by atoms with E-state index in [9.17, 15) is 18.0 Å². The number of benzene rings is 1. The number of hydrogen-bond donors (Lipinski definition) is 2. The molecule has 0 saturated carbocycles. The molecular weight excluding hydrogens is 245 g/mol. The number of nitrogens with one attached hydrogen (secondary N) is 1. The minimum Gasteiger partial charge on any atom is -0.355 e. The van der Waals surface area contributed by atoms with E-state index in [-0.39, 0.29) is 24.8 Å². The number of alkyl halides is 3. The minimum absolute atomic E-state index is 0.140. The van der Waals surface area contributed by atoms with Crippen molar-refractivity contribution in [2.24, 2.45) is 5.73 Å². The number of halogens is 3. The Bertz CT molecular complexity index is 459. The fourth-order valence-electron chi connectivity index (χ4n) is 2.11. The molecule has 0 bridgehead atoms. The molecule has 1 heterocycles. The fraction of sp³-hybridized carbons (Fsp3) is 0.417. The Hall–Kier alpha value is -1.56. The van der Waals surface area contributed by atoms with E-state index in [0.29, 0.717) is 5.56 Å². The Morgan fingerprint density at radius 3 is 2.67 bits per heavy atom. The summed E-state index contributed by atoms with van der Waals surface area (Å²) in [4.78, 5) is 11.1. The standard InChI is InChI=1S/C12H13F3N2O/c13-12(14,15)8-3-1-2-7(4-8)9-6-17-11(18)5-10(9)16/h1-4,9-10H,5-6,16H2,(H,17,18). The summed E-state index contributed by atoms with van der Waals surface area (Å²) in [6.07, 6.45) is -4.22. The van der Waals surface area contributed by atoms with Crippen molar-refractivity contribution in [2.45, 2.75) is 24.6 Å². The zero-order chi connectivity index (χ0) is 13.3. The summed E-state index contributed by atoms with van der Waals surface area (Å²) in [5.74, 6) is -0.435. The lowest BCUT2D eigenvalue weighted by Gasteiger charge is -2.29. The van der Waals surface area contributed by atoms with Gasteiger partial charge < -0.3 is 11.1 Å². The molecule has 2 atom stereocenters. The number of hydrogen-bond acceptors (Lipinski definition) is 2. The predicted molar refractivity (Wildman–Crippen MR) is 59.8 cm³/mol. The van der Waals surface area contributed by atoms with E-state index in [1.165, 1.54) is 6.07 Å². The van der Waals surface area contributed by atoms with Crippen molar-refractivity contribution < 1.29 is 18.0 Å². The molecule has 2 unspecified atom stereocenters. The van der Waals surface area contributed by atoms with Gasteiger partial charge in [0.15, 0.2) is 0 Å². The topological polar surface area (TPSA) is 55.1 Å². The van der Waals surface area contributed by atoms with E-state index in [1.807, 2.05) is 0 Å². The third-order valence-electron chi connectivity index (χ3n) is 3.10. The number of carbonyl (C=O) groups excluding carboxylic acids is 1. The zero-order valence-electron chi connectivity index (χ0n) is 9.50. The Morgan fingerprint density at radius 2 is 2.06 bits per heavy atom. The van der Waals surface area contributed by atoms with E-state index < -0.39 is 17.8 Å². The second-order valence-corrected chi connectivity index (χ2v) is 4.40. The van der Waals surface area contributed by atoms with Gasteiger partial charge in [-0.15, -0.1) is 0 Å². The van der Waals surface area contributed by atoms with Gasteiger partial charge in [0.1, 0.15) is 0 Å². The van der Waals surface area contributed by atoms with Gasteiger partial charge in [0, 0.05) is 24.9 Å². The fourth-order valence-corrected chi connectivity index (χ4v) is 2.11. The van der Waals surface area contributed by atoms with Crippen LogP contribution in [0.4, 0.5) is 13.2 Å². The van der Waals surface area contributed by atoms with Gasteiger partial charge in [-0.25, -0.2) is 0 Å². The zero-order valence-corrected chi connectivity index (χ0v) is 9.50. The number of nitrogens with two attached hydrogens (primary N) is 1. The predicted octanol–water partition coefficient (Wildman–Crippen LogP) is 1.64. The van der Waals surface area contributed by atoms with Gasteiger partial charge in [-0.2, -0.15) is 13.2 Å². The van der Waals surface area contributed by atoms with Crippen LogP contribution in [0.5, 0.6) is 0 Å². The van der Waals surface area contributed by atoms with Gasteiger partial charge >= 0.3 is 6.18 Å². The third-order valence-corrected chi connectivity index (χ3v) is 3.10. The first-order valence-corrected chi connectivity index (χ1v) is 5.57. The first kappa shape index (κ1) is 12.9. The molecule has 0 radical (unpaired) electrons. The van der Waals surface area contributed by atoms with Crippen molar-refractivity contribution in [3.8, 4) is 0 Å². The minimum atomic E-state index is -4.36. The summed E-state index contributed by atoms with van der Waals surface area (Å²) in [5.41, 5.74) is 5.64. The number of piperidine rings is 1. The quantitative estimate of drug-likeness (QED) is 0.804. The first-order chi connectivity index (χ1) is 8.38. The van der Waals surface area contributed by atoms with Gasteiger partial charge in [-0.3, -0.25) is 4.79 Å². The lowest BCUT2D eigenvalue weighted by molar-refractivity contribution is -0.137. The summed E-state index contributed by atoms with van der Waals surface area (Å²) >= 11 is 0. The van der Waals surface area contributed by atoms with Gasteiger partial charge in [-0.05, 0) is 11.6 Å². The van der Waals surface area contributed by atoms with Crippen molar-refractivity contribution in [3.63, 3.8) is 0 Å². The van der Waals surface area contributed by atoms with E-state index in [0.717, 1.165) is 12.1 Å². The monoisotopic (exact) mass is 258 g/mol. The highest BCUT2D eigenvalue weighted by Gasteiger charge is 2.33. The van der Waals surface area contributed by atoms with Gasteiger partial charge in [0.05, 0.1) is 5.56 Å². The van der Waals surface area contributed by atoms with Crippen LogP contribution in [0.15, 0.2) is 24.3 Å². The van der Waals surface area contributed by atoms with Crippen LogP contribution in [0.1, 0.15) is 23.5 Å². The van der Waals surface area contributed by atoms with E-state index in [2.05, 4.69) is 5.32 Å². The Morgan fingerprint density at radius 1 is 1.33 bits per heavy atom. The number of carbonyl (C=O) groups is 1. The highest BCUT2D eigenvalue weighted by atomic mass is 19.4. The van der Waals surface area contributed by atoms with Crippen molar-refractivity contribution in [3.05, 3.63) is 35.4 Å². The van der Waals surface area contributed by atoms with Crippen LogP contribution in [0.2, 0.25) is 0 Å². The smallest absolute Gasteiger partial charge is 0.355 e. The van der Waals surface area contributed by atoms with Crippen LogP contribution < -0.4 is 11.1 Å². The molecule has 0 spiro atoms. The SMILES string of the molecule is NC1CC(=O)NCC1c1cccc(C(F)(F)F)c1. The molecule has 1 aliphatic rings. The van der Waals surface area contributed by atoms with Crippen molar-refractivity contribution in [2.75, 3.05) is 6.54 Å². The van der Waals surface area contributed by atoms with Crippen LogP contribution in [0.25, 0.3) is 0 Å². The maximum absolute atomic E-state index is 12.6. The molecule has 18 heavy (non-hydrogen) atoms. The molecule has 6 heteroatoms. The molecule has 3 N–H and O–H groups in total. The molecule has 1 aliphatic heterocycles. The van der Waals surface area contributed by atoms with Crippen LogP contribution in [-0.4, -0.2) is 18.5 Å². The average Bonchev–Trinajstić information content (AvgIpc) is 2.28. The second kappa shape index (κ2) is 4.61. The summed E-state index contributed by atoms with van der Waals surface area (Å²) in [6.45, 7) is 0.279. The first-order valence-electron chi connectivity index (χ1n) is 5.57. The van der Waals surface area contributed by atoms with E-state index >= 15 is 0 Å². The largest absolute Gasteiger partial charge is 0.416 e. The van der Waals surface area contributed by atoms with Crippen molar-refractivity contribution >= 4 is 5.91 Å². The highest BCUT2D eigenvalue weighted by molar-refractivity contribution is 5.77. The molecule has 1 aromatic carbocycles. The van der Waals surface area contributed by atoms with E-state index in [1.54, 1.807) is 6.07 Å². The molecule has 1 fully saturated rings. The lowest BCUT2D eigenvalue weighted by Crippen LogP contribution is -2.46. The molecular formula is C12H13F3N2O. The highest BCUT2D eigenvalue weighted by Crippen LogP contribution is 2.32. The molecule has 0 aromatic heterocycles. The molecule has 3 nitrogen and oxygen atoms in total. The average molecular weight is 258 g/mol. The summed E-state index contributed by atoms with van der Waals surface area (Å²) in [6, 6.07) is 4.65. The third kappa shape index (κ3) is 2.64. The van der Waals surface area contributed by atoms with Gasteiger partial charge in [0.25, 0.3) is 0 Å². The van der Waals surface area contributed by atoms with Crippen LogP contribution in [0.3, 0.4) is 0 Å². The number of amides is 1. The van der Waals surface area contributed by atoms with Gasteiger partial charge in [0.2, 0.25) is 5.91 Å². The molecule has 2 rings (SSSR count). The summed E-state index contributed by atoms with van der Waals surface area (Å²) in [5, 5.41) is 2.62. The van der Waals surface area contributed by atoms with Gasteiger partial charge in [-0.1, -0.05) is 18.2 Å². The molecule has 1 amide bonds. The summed E-state index contributed by atoms with van der Waals surface area (Å²) < 4.78 is 37.8. The van der Waals surface area contributed by atoms with Crippen LogP contribution >= 0.6 is 0 Å². The Kier molecular flexibility index (Phi) is 3.30. The number of rotatable bonds is 1. The summed E-state index contributed by atoms with van der Waals surface area (Å²) in [7, 11) is 0. The Labute approximate surface area is 102 Å². The molecule has 98 valence electrons. The van der Waals surface area contributed by atoms with Crippen molar-refractivity contribution in [1.82, 2.24) is 5.32 Å². The molecule has 1 aromatic rings. The second-order valence-electron chi connectivity index (χ2n) is 4.40. The van der Waals surface area contributed by atoms with Crippen LogP contribution in [-0.2, 0) is 11.0 Å². The maximum atomic E-state index is 12.6. The maximum Gasteiger partial charge on any atom is 0.416 e. The van der Waals surface area contributed by atoms with Crippen molar-refractivity contribution in [1.29, 1.82) is 0 Å². The van der Waals surface area contributed by atoms with Crippen LogP contribution in [0, 0.1) is 0 Å². The molecule has 1 saturated heterocycles. The molecule has 0 aliphatic carbocycles.